The number of aromatic nitrogens is 2. The van der Waals surface area contributed by atoms with E-state index in [1.807, 2.05) is 0 Å². The molecule has 15 heteroatoms. The molecule has 0 radical (unpaired) electrons. The Hall–Kier alpha value is -3.46. The fourth-order valence-corrected chi connectivity index (χ4v) is 2.82. The first-order chi connectivity index (χ1) is 15.6. The molecular formula is C18H33N9O6. The van der Waals surface area contributed by atoms with Crippen molar-refractivity contribution in [3.63, 3.8) is 0 Å². The van der Waals surface area contributed by atoms with Gasteiger partial charge in [0.05, 0.1) is 6.04 Å². The average Bonchev–Trinajstić information content (AvgIpc) is 3.23. The highest BCUT2D eigenvalue weighted by atomic mass is 16.5. The molecule has 0 bridgehead atoms. The van der Waals surface area contributed by atoms with Crippen molar-refractivity contribution in [3.8, 4) is 0 Å². The standard InChI is InChI=1S/C18H33N9O6/c19-8-2-1-4-12(16(30)31)25-18(32)24-11(5-3-9-23-17(21)22)15-26-14(27-33-15)10(20)6-7-13(28)29/h10-12H,1-9,19-20H2,(H,28,29)(H,30,31)(H4,21,22,23)(H2,24,25,32). The Morgan fingerprint density at radius 1 is 1.06 bits per heavy atom. The minimum atomic E-state index is -1.17. The molecule has 1 aromatic rings. The Morgan fingerprint density at radius 2 is 1.79 bits per heavy atom. The Bertz CT molecular complexity index is 796. The van der Waals surface area contributed by atoms with Gasteiger partial charge in [-0.1, -0.05) is 5.16 Å². The number of aliphatic carboxylic acids is 2. The molecule has 0 aromatic carbocycles. The van der Waals surface area contributed by atoms with Crippen LogP contribution < -0.4 is 33.6 Å². The summed E-state index contributed by atoms with van der Waals surface area (Å²) in [5.74, 6) is -2.14. The highest BCUT2D eigenvalue weighted by Crippen LogP contribution is 2.20. The Morgan fingerprint density at radius 3 is 2.39 bits per heavy atom. The number of urea groups is 1. The number of nitrogens with zero attached hydrogens (tertiary/aromatic N) is 3. The maximum absolute atomic E-state index is 12.5. The fourth-order valence-electron chi connectivity index (χ4n) is 2.82. The maximum Gasteiger partial charge on any atom is 0.326 e. The van der Waals surface area contributed by atoms with Crippen LogP contribution in [0.2, 0.25) is 0 Å². The average molecular weight is 472 g/mol. The lowest BCUT2D eigenvalue weighted by Crippen LogP contribution is -2.47. The summed E-state index contributed by atoms with van der Waals surface area (Å²) in [7, 11) is 0. The number of guanidine groups is 1. The normalized spacial score (nSPS) is 13.5. The molecule has 0 saturated heterocycles. The second-order valence-electron chi connectivity index (χ2n) is 7.32. The van der Waals surface area contributed by atoms with Gasteiger partial charge in [0.1, 0.15) is 12.1 Å². The second-order valence-corrected chi connectivity index (χ2v) is 7.32. The monoisotopic (exact) mass is 471 g/mol. The number of unbranched alkanes of at least 4 members (excludes halogenated alkanes) is 1. The van der Waals surface area contributed by atoms with Crippen LogP contribution in [0, 0.1) is 0 Å². The zero-order valence-electron chi connectivity index (χ0n) is 18.3. The van der Waals surface area contributed by atoms with Gasteiger partial charge in [0.15, 0.2) is 11.8 Å². The molecule has 12 N–H and O–H groups in total. The van der Waals surface area contributed by atoms with Crippen LogP contribution in [0.4, 0.5) is 4.79 Å². The van der Waals surface area contributed by atoms with E-state index in [1.165, 1.54) is 0 Å². The summed E-state index contributed by atoms with van der Waals surface area (Å²) >= 11 is 0. The van der Waals surface area contributed by atoms with Crippen molar-refractivity contribution >= 4 is 23.9 Å². The Balaban J connectivity index is 2.87. The fraction of sp³-hybridized carbons (Fsp3) is 0.667. The van der Waals surface area contributed by atoms with E-state index in [4.69, 9.17) is 32.6 Å². The Labute approximate surface area is 190 Å². The summed E-state index contributed by atoms with van der Waals surface area (Å²) in [5.41, 5.74) is 21.9. The highest BCUT2D eigenvalue weighted by molar-refractivity contribution is 5.82. The molecular weight excluding hydrogens is 438 g/mol. The molecule has 1 rings (SSSR count). The van der Waals surface area contributed by atoms with Crippen LogP contribution in [-0.4, -0.2) is 63.4 Å². The maximum atomic E-state index is 12.5. The van der Waals surface area contributed by atoms with Crippen molar-refractivity contribution in [1.29, 1.82) is 0 Å². The molecule has 2 amide bonds. The first-order valence-electron chi connectivity index (χ1n) is 10.5. The van der Waals surface area contributed by atoms with E-state index >= 15 is 0 Å². The number of carbonyl (C=O) groups is 3. The molecule has 3 atom stereocenters. The molecule has 0 aliphatic carbocycles. The molecule has 186 valence electrons. The molecule has 0 saturated carbocycles. The minimum Gasteiger partial charge on any atom is -0.481 e. The third-order valence-corrected chi connectivity index (χ3v) is 4.56. The Kier molecular flexibility index (Phi) is 12.2. The molecule has 0 spiro atoms. The number of nitrogens with two attached hydrogens (primary N) is 4. The van der Waals surface area contributed by atoms with Gasteiger partial charge in [-0.25, -0.2) is 9.59 Å². The van der Waals surface area contributed by atoms with E-state index in [0.717, 1.165) is 0 Å². The summed E-state index contributed by atoms with van der Waals surface area (Å²) in [4.78, 5) is 42.7. The molecule has 0 fully saturated rings. The third kappa shape index (κ3) is 11.1. The largest absolute Gasteiger partial charge is 0.481 e. The lowest BCUT2D eigenvalue weighted by molar-refractivity contribution is -0.139. The first kappa shape index (κ1) is 27.6. The molecule has 3 unspecified atom stereocenters. The predicted molar refractivity (Wildman–Crippen MR) is 117 cm³/mol. The van der Waals surface area contributed by atoms with E-state index in [9.17, 15) is 19.5 Å². The van der Waals surface area contributed by atoms with Crippen molar-refractivity contribution in [3.05, 3.63) is 11.7 Å². The quantitative estimate of drug-likeness (QED) is 0.0811. The van der Waals surface area contributed by atoms with Gasteiger partial charge in [-0.2, -0.15) is 4.98 Å². The predicted octanol–water partition coefficient (Wildman–Crippen LogP) is -1.09. The molecule has 0 aliphatic heterocycles. The van der Waals surface area contributed by atoms with Crippen LogP contribution in [0.15, 0.2) is 9.52 Å². The summed E-state index contributed by atoms with van der Waals surface area (Å²) in [6.45, 7) is 0.697. The molecule has 33 heavy (non-hydrogen) atoms. The van der Waals surface area contributed by atoms with Crippen molar-refractivity contribution in [2.75, 3.05) is 13.1 Å². The second kappa shape index (κ2) is 14.6. The lowest BCUT2D eigenvalue weighted by Gasteiger charge is -2.19. The zero-order chi connectivity index (χ0) is 24.8. The van der Waals surface area contributed by atoms with Gasteiger partial charge < -0.3 is 48.3 Å². The van der Waals surface area contributed by atoms with Crippen molar-refractivity contribution < 1.29 is 29.1 Å². The number of rotatable bonds is 16. The number of nitrogens with one attached hydrogen (secondary N) is 2. The van der Waals surface area contributed by atoms with Crippen molar-refractivity contribution in [1.82, 2.24) is 20.8 Å². The topological polar surface area (TPSA) is 271 Å². The van der Waals surface area contributed by atoms with Crippen molar-refractivity contribution in [2.45, 2.75) is 63.1 Å². The number of carbonyl (C=O) groups excluding carboxylic acids is 1. The van der Waals surface area contributed by atoms with E-state index in [1.54, 1.807) is 0 Å². The van der Waals surface area contributed by atoms with Crippen LogP contribution in [0.1, 0.15) is 68.7 Å². The van der Waals surface area contributed by atoms with Gasteiger partial charge >= 0.3 is 18.0 Å². The summed E-state index contributed by atoms with van der Waals surface area (Å²) in [5, 5.41) is 26.9. The number of carboxylic acid groups (broad SMARTS) is 2. The van der Waals surface area contributed by atoms with Crippen LogP contribution in [0.5, 0.6) is 0 Å². The van der Waals surface area contributed by atoms with Crippen LogP contribution >= 0.6 is 0 Å². The smallest absolute Gasteiger partial charge is 0.326 e. The number of hydrogen-bond donors (Lipinski definition) is 8. The van der Waals surface area contributed by atoms with Crippen molar-refractivity contribution in [2.24, 2.45) is 27.9 Å². The van der Waals surface area contributed by atoms with Gasteiger partial charge in [-0.15, -0.1) is 0 Å². The first-order valence-corrected chi connectivity index (χ1v) is 10.5. The third-order valence-electron chi connectivity index (χ3n) is 4.56. The van der Waals surface area contributed by atoms with Gasteiger partial charge in [0.2, 0.25) is 5.89 Å². The van der Waals surface area contributed by atoms with Gasteiger partial charge in [0.25, 0.3) is 0 Å². The molecule has 0 aliphatic rings. The van der Waals surface area contributed by atoms with E-state index < -0.39 is 36.1 Å². The zero-order valence-corrected chi connectivity index (χ0v) is 18.3. The SMILES string of the molecule is NCCCCC(NC(=O)NC(CCCN=C(N)N)c1nc(C(N)CCC(=O)O)no1)C(=O)O. The highest BCUT2D eigenvalue weighted by Gasteiger charge is 2.26. The molecule has 1 aromatic heterocycles. The number of amides is 2. The summed E-state index contributed by atoms with van der Waals surface area (Å²) < 4.78 is 5.22. The minimum absolute atomic E-state index is 0.0330. The van der Waals surface area contributed by atoms with E-state index in [0.29, 0.717) is 32.2 Å². The lowest BCUT2D eigenvalue weighted by atomic mass is 10.1. The number of hydrogen-bond acceptors (Lipinski definition) is 9. The van der Waals surface area contributed by atoms with Crippen LogP contribution in [0.25, 0.3) is 0 Å². The molecule has 1 heterocycles. The summed E-state index contributed by atoms with van der Waals surface area (Å²) in [6.07, 6.45) is 2.04. The molecule has 15 nitrogen and oxygen atoms in total. The van der Waals surface area contributed by atoms with Gasteiger partial charge in [-0.3, -0.25) is 9.79 Å². The van der Waals surface area contributed by atoms with E-state index in [-0.39, 0.29) is 43.5 Å². The number of aliphatic imine (C=N–C) groups is 1. The van der Waals surface area contributed by atoms with Gasteiger partial charge in [0, 0.05) is 13.0 Å². The van der Waals surface area contributed by atoms with E-state index in [2.05, 4.69) is 25.8 Å². The van der Waals surface area contributed by atoms with Crippen LogP contribution in [0.3, 0.4) is 0 Å². The van der Waals surface area contributed by atoms with Gasteiger partial charge in [-0.05, 0) is 45.1 Å². The number of carboxylic acids is 2. The van der Waals surface area contributed by atoms with Crippen LogP contribution in [-0.2, 0) is 9.59 Å². The summed E-state index contributed by atoms with van der Waals surface area (Å²) in [6, 6.07) is -3.39.